The van der Waals surface area contributed by atoms with E-state index >= 15 is 0 Å². The summed E-state index contributed by atoms with van der Waals surface area (Å²) in [6, 6.07) is 0. The van der Waals surface area contributed by atoms with Gasteiger partial charge in [-0.1, -0.05) is 46.5 Å². The minimum atomic E-state index is 0.289. The quantitative estimate of drug-likeness (QED) is 0.715. The Labute approximate surface area is 121 Å². The predicted octanol–water partition coefficient (Wildman–Crippen LogP) is 4.19. The van der Waals surface area contributed by atoms with E-state index in [4.69, 9.17) is 5.73 Å². The van der Waals surface area contributed by atoms with E-state index in [2.05, 4.69) is 25.7 Å². The molecule has 0 aromatic rings. The fourth-order valence-electron chi connectivity index (χ4n) is 3.78. The van der Waals surface area contributed by atoms with Crippen LogP contribution in [0.15, 0.2) is 0 Å². The normalized spacial score (nSPS) is 24.9. The Morgan fingerprint density at radius 2 is 1.89 bits per heavy atom. The summed E-state index contributed by atoms with van der Waals surface area (Å²) in [4.78, 5) is 2.75. The maximum absolute atomic E-state index is 6.19. The van der Waals surface area contributed by atoms with Gasteiger partial charge in [-0.3, -0.25) is 4.90 Å². The molecule has 2 N–H and O–H groups in total. The second-order valence-corrected chi connectivity index (χ2v) is 6.46. The molecule has 2 atom stereocenters. The third kappa shape index (κ3) is 4.75. The Morgan fingerprint density at radius 1 is 1.11 bits per heavy atom. The molecule has 0 bridgehead atoms. The molecule has 1 saturated heterocycles. The summed E-state index contributed by atoms with van der Waals surface area (Å²) in [6.07, 6.45) is 12.1. The first-order valence-electron chi connectivity index (χ1n) is 8.67. The largest absolute Gasteiger partial charge is 0.329 e. The molecule has 1 rings (SSSR count). The summed E-state index contributed by atoms with van der Waals surface area (Å²) >= 11 is 0. The highest BCUT2D eigenvalue weighted by Crippen LogP contribution is 2.30. The molecule has 0 spiro atoms. The van der Waals surface area contributed by atoms with Gasteiger partial charge in [0.15, 0.2) is 0 Å². The lowest BCUT2D eigenvalue weighted by Crippen LogP contribution is -2.54. The van der Waals surface area contributed by atoms with Gasteiger partial charge < -0.3 is 5.73 Å². The highest BCUT2D eigenvalue weighted by atomic mass is 15.2. The molecular formula is C17H36N2. The van der Waals surface area contributed by atoms with E-state index in [1.165, 1.54) is 70.9 Å². The van der Waals surface area contributed by atoms with E-state index in [-0.39, 0.29) is 5.54 Å². The van der Waals surface area contributed by atoms with Crippen LogP contribution in [0, 0.1) is 5.92 Å². The zero-order valence-electron chi connectivity index (χ0n) is 13.6. The molecule has 1 aliphatic heterocycles. The molecule has 114 valence electrons. The van der Waals surface area contributed by atoms with Crippen molar-refractivity contribution in [3.63, 3.8) is 0 Å². The molecule has 0 radical (unpaired) electrons. The topological polar surface area (TPSA) is 29.3 Å². The fourth-order valence-corrected chi connectivity index (χ4v) is 3.78. The van der Waals surface area contributed by atoms with Crippen molar-refractivity contribution in [3.05, 3.63) is 0 Å². The van der Waals surface area contributed by atoms with Crippen molar-refractivity contribution in [2.24, 2.45) is 11.7 Å². The van der Waals surface area contributed by atoms with Crippen molar-refractivity contribution >= 4 is 0 Å². The van der Waals surface area contributed by atoms with Gasteiger partial charge in [-0.15, -0.1) is 0 Å². The van der Waals surface area contributed by atoms with Crippen molar-refractivity contribution in [1.29, 1.82) is 0 Å². The Kier molecular flexibility index (Phi) is 8.01. The average Bonchev–Trinajstić information content (AvgIpc) is 2.68. The van der Waals surface area contributed by atoms with Crippen LogP contribution in [-0.4, -0.2) is 30.1 Å². The summed E-state index contributed by atoms with van der Waals surface area (Å²) in [5.41, 5.74) is 6.48. The van der Waals surface area contributed by atoms with Crippen LogP contribution >= 0.6 is 0 Å². The standard InChI is InChI=1S/C17H36N2/c1-4-7-12-17(6-3,15-18)19-13-8-10-16(9-5-2)11-14-19/h16H,4-15,18H2,1-3H3. The Morgan fingerprint density at radius 3 is 2.47 bits per heavy atom. The van der Waals surface area contributed by atoms with Crippen LogP contribution < -0.4 is 5.73 Å². The Balaban J connectivity index is 2.63. The molecule has 0 aliphatic carbocycles. The molecule has 2 unspecified atom stereocenters. The maximum Gasteiger partial charge on any atom is 0.0329 e. The molecule has 1 aliphatic rings. The molecule has 0 aromatic carbocycles. The lowest BCUT2D eigenvalue weighted by Gasteiger charge is -2.43. The van der Waals surface area contributed by atoms with Crippen LogP contribution in [0.1, 0.15) is 78.6 Å². The summed E-state index contributed by atoms with van der Waals surface area (Å²) in [5, 5.41) is 0. The van der Waals surface area contributed by atoms with Gasteiger partial charge in [-0.2, -0.15) is 0 Å². The van der Waals surface area contributed by atoms with Gasteiger partial charge >= 0.3 is 0 Å². The first kappa shape index (κ1) is 17.0. The van der Waals surface area contributed by atoms with Crippen molar-refractivity contribution in [3.8, 4) is 0 Å². The van der Waals surface area contributed by atoms with Crippen LogP contribution in [0.3, 0.4) is 0 Å². The van der Waals surface area contributed by atoms with Crippen LogP contribution in [0.5, 0.6) is 0 Å². The number of unbranched alkanes of at least 4 members (excludes halogenated alkanes) is 1. The minimum Gasteiger partial charge on any atom is -0.329 e. The fraction of sp³-hybridized carbons (Fsp3) is 1.00. The van der Waals surface area contributed by atoms with Gasteiger partial charge in [0, 0.05) is 12.1 Å². The zero-order chi connectivity index (χ0) is 14.1. The molecule has 2 nitrogen and oxygen atoms in total. The lowest BCUT2D eigenvalue weighted by molar-refractivity contribution is 0.0805. The highest BCUT2D eigenvalue weighted by Gasteiger charge is 2.34. The molecule has 0 saturated carbocycles. The summed E-state index contributed by atoms with van der Waals surface area (Å²) in [6.45, 7) is 10.3. The van der Waals surface area contributed by atoms with Crippen molar-refractivity contribution < 1.29 is 0 Å². The van der Waals surface area contributed by atoms with E-state index < -0.39 is 0 Å². The average molecular weight is 268 g/mol. The maximum atomic E-state index is 6.19. The summed E-state index contributed by atoms with van der Waals surface area (Å²) < 4.78 is 0. The van der Waals surface area contributed by atoms with Gasteiger partial charge in [0.05, 0.1) is 0 Å². The van der Waals surface area contributed by atoms with Gasteiger partial charge in [0.25, 0.3) is 0 Å². The van der Waals surface area contributed by atoms with E-state index in [0.29, 0.717) is 0 Å². The number of nitrogens with zero attached hydrogens (tertiary/aromatic N) is 1. The van der Waals surface area contributed by atoms with E-state index in [1.54, 1.807) is 0 Å². The SMILES string of the molecule is CCCCC(CC)(CN)N1CCCC(CCC)CC1. The van der Waals surface area contributed by atoms with E-state index in [1.807, 2.05) is 0 Å². The van der Waals surface area contributed by atoms with Crippen LogP contribution in [0.4, 0.5) is 0 Å². The van der Waals surface area contributed by atoms with Gasteiger partial charge in [0.2, 0.25) is 0 Å². The smallest absolute Gasteiger partial charge is 0.0329 e. The number of hydrogen-bond acceptors (Lipinski definition) is 2. The second-order valence-electron chi connectivity index (χ2n) is 6.46. The van der Waals surface area contributed by atoms with Crippen LogP contribution in [0.2, 0.25) is 0 Å². The third-order valence-electron chi connectivity index (χ3n) is 5.25. The molecule has 1 fully saturated rings. The Bertz CT molecular complexity index is 223. The monoisotopic (exact) mass is 268 g/mol. The molecular weight excluding hydrogens is 232 g/mol. The van der Waals surface area contributed by atoms with Crippen LogP contribution in [-0.2, 0) is 0 Å². The molecule has 1 heterocycles. The molecule has 0 aromatic heterocycles. The van der Waals surface area contributed by atoms with Crippen molar-refractivity contribution in [2.75, 3.05) is 19.6 Å². The summed E-state index contributed by atoms with van der Waals surface area (Å²) in [5.74, 6) is 0.966. The minimum absolute atomic E-state index is 0.289. The van der Waals surface area contributed by atoms with Gasteiger partial charge in [-0.25, -0.2) is 0 Å². The molecule has 2 heteroatoms. The number of rotatable bonds is 8. The number of hydrogen-bond donors (Lipinski definition) is 1. The molecule has 19 heavy (non-hydrogen) atoms. The van der Waals surface area contributed by atoms with E-state index in [0.717, 1.165) is 12.5 Å². The first-order valence-corrected chi connectivity index (χ1v) is 8.67. The third-order valence-corrected chi connectivity index (χ3v) is 5.25. The van der Waals surface area contributed by atoms with E-state index in [9.17, 15) is 0 Å². The number of likely N-dealkylation sites (tertiary alicyclic amines) is 1. The first-order chi connectivity index (χ1) is 9.22. The van der Waals surface area contributed by atoms with Crippen molar-refractivity contribution in [1.82, 2.24) is 4.90 Å². The highest BCUT2D eigenvalue weighted by molar-refractivity contribution is 4.92. The Hall–Kier alpha value is -0.0800. The van der Waals surface area contributed by atoms with Gasteiger partial charge in [0.1, 0.15) is 0 Å². The predicted molar refractivity (Wildman–Crippen MR) is 85.4 cm³/mol. The molecule has 0 amide bonds. The second kappa shape index (κ2) is 8.97. The van der Waals surface area contributed by atoms with Crippen molar-refractivity contribution in [2.45, 2.75) is 84.1 Å². The van der Waals surface area contributed by atoms with Crippen LogP contribution in [0.25, 0.3) is 0 Å². The summed E-state index contributed by atoms with van der Waals surface area (Å²) in [7, 11) is 0. The lowest BCUT2D eigenvalue weighted by atomic mass is 9.87. The zero-order valence-corrected chi connectivity index (χ0v) is 13.6. The van der Waals surface area contributed by atoms with Gasteiger partial charge in [-0.05, 0) is 51.1 Å². The number of nitrogens with two attached hydrogens (primary N) is 1.